The molecule has 1 aliphatic heterocycles. The Hall–Kier alpha value is -1.62. The molecule has 84 valence electrons. The molecule has 2 aliphatic carbocycles. The molecule has 1 aromatic rings. The number of anilines is 1. The number of rotatable bonds is 2. The van der Waals surface area contributed by atoms with Gasteiger partial charge in [-0.25, -0.2) is 0 Å². The molecule has 1 heterocycles. The molecule has 0 aromatic heterocycles. The fourth-order valence-electron chi connectivity index (χ4n) is 2.35. The highest BCUT2D eigenvalue weighted by Gasteiger charge is 2.31. The van der Waals surface area contributed by atoms with Gasteiger partial charge in [-0.3, -0.25) is 10.1 Å². The molecular weight excluding hydrogens is 208 g/mol. The lowest BCUT2D eigenvalue weighted by atomic mass is 9.88. The van der Waals surface area contributed by atoms with Gasteiger partial charge >= 0.3 is 0 Å². The van der Waals surface area contributed by atoms with E-state index in [4.69, 9.17) is 4.74 Å². The van der Waals surface area contributed by atoms with Gasteiger partial charge in [-0.1, -0.05) is 0 Å². The molecule has 16 heavy (non-hydrogen) atoms. The second-order valence-electron chi connectivity index (χ2n) is 4.15. The number of morpholine rings is 1. The van der Waals surface area contributed by atoms with Crippen molar-refractivity contribution in [2.45, 2.75) is 6.42 Å². The third kappa shape index (κ3) is 1.36. The topological polar surface area (TPSA) is 55.6 Å². The van der Waals surface area contributed by atoms with Crippen molar-refractivity contribution in [1.29, 1.82) is 0 Å². The first kappa shape index (κ1) is 9.59. The Bertz CT molecular complexity index is 430. The van der Waals surface area contributed by atoms with Crippen LogP contribution >= 0.6 is 0 Å². The number of ether oxygens (including phenoxy) is 1. The van der Waals surface area contributed by atoms with Crippen LogP contribution in [0.25, 0.3) is 0 Å². The minimum atomic E-state index is -0.280. The van der Waals surface area contributed by atoms with Gasteiger partial charge in [-0.15, -0.1) is 0 Å². The van der Waals surface area contributed by atoms with Crippen molar-refractivity contribution in [2.24, 2.45) is 0 Å². The molecule has 5 heteroatoms. The molecule has 0 amide bonds. The average molecular weight is 220 g/mol. The molecule has 1 aromatic carbocycles. The zero-order valence-corrected chi connectivity index (χ0v) is 8.81. The van der Waals surface area contributed by atoms with E-state index in [0.717, 1.165) is 49.5 Å². The predicted molar refractivity (Wildman–Crippen MR) is 58.9 cm³/mol. The highest BCUT2D eigenvalue weighted by Crippen LogP contribution is 2.40. The Morgan fingerprint density at radius 3 is 2.44 bits per heavy atom. The molecule has 4 rings (SSSR count). The van der Waals surface area contributed by atoms with Crippen LogP contribution in [0.1, 0.15) is 11.1 Å². The lowest BCUT2D eigenvalue weighted by Crippen LogP contribution is -2.36. The number of nitrogens with zero attached hydrogens (tertiary/aromatic N) is 2. The third-order valence-corrected chi connectivity index (χ3v) is 3.19. The van der Waals surface area contributed by atoms with Gasteiger partial charge in [-0.2, -0.15) is 0 Å². The Balaban J connectivity index is 1.89. The summed E-state index contributed by atoms with van der Waals surface area (Å²) in [5, 5.41) is 10.7. The molecule has 3 aliphatic rings. The number of hydrogen-bond donors (Lipinski definition) is 0. The maximum atomic E-state index is 10.7. The number of nitro benzene ring substituents is 1. The van der Waals surface area contributed by atoms with Crippen molar-refractivity contribution in [3.8, 4) is 0 Å². The molecule has 0 atom stereocenters. The summed E-state index contributed by atoms with van der Waals surface area (Å²) in [5.74, 6) is 0. The first-order valence-electron chi connectivity index (χ1n) is 5.38. The molecule has 0 spiro atoms. The van der Waals surface area contributed by atoms with Gasteiger partial charge in [0.1, 0.15) is 0 Å². The molecule has 0 radical (unpaired) electrons. The summed E-state index contributed by atoms with van der Waals surface area (Å²) in [5.41, 5.74) is 3.15. The molecule has 2 bridgehead atoms. The summed E-state index contributed by atoms with van der Waals surface area (Å²) in [7, 11) is 0. The number of benzene rings is 1. The van der Waals surface area contributed by atoms with E-state index in [2.05, 4.69) is 4.90 Å². The van der Waals surface area contributed by atoms with Crippen LogP contribution in [0.15, 0.2) is 12.1 Å². The van der Waals surface area contributed by atoms with Crippen LogP contribution in [-0.4, -0.2) is 31.2 Å². The fourth-order valence-corrected chi connectivity index (χ4v) is 2.35. The smallest absolute Gasteiger partial charge is 0.276 e. The van der Waals surface area contributed by atoms with Crippen molar-refractivity contribution in [2.75, 3.05) is 31.2 Å². The van der Waals surface area contributed by atoms with Crippen LogP contribution in [0, 0.1) is 10.1 Å². The first-order chi connectivity index (χ1) is 7.75. The van der Waals surface area contributed by atoms with E-state index < -0.39 is 0 Å². The van der Waals surface area contributed by atoms with Crippen molar-refractivity contribution in [1.82, 2.24) is 0 Å². The van der Waals surface area contributed by atoms with E-state index in [1.807, 2.05) is 12.1 Å². The number of nitro groups is 1. The predicted octanol–water partition coefficient (Wildman–Crippen LogP) is 1.34. The van der Waals surface area contributed by atoms with Crippen LogP contribution in [-0.2, 0) is 11.2 Å². The summed E-state index contributed by atoms with van der Waals surface area (Å²) in [6, 6.07) is 3.88. The monoisotopic (exact) mass is 220 g/mol. The second kappa shape index (κ2) is 3.45. The molecular formula is C11H12N2O3. The lowest BCUT2D eigenvalue weighted by Gasteiger charge is -2.31. The minimum Gasteiger partial charge on any atom is -0.378 e. The summed E-state index contributed by atoms with van der Waals surface area (Å²) >= 11 is 0. The maximum absolute atomic E-state index is 10.7. The molecule has 1 saturated heterocycles. The van der Waals surface area contributed by atoms with Crippen molar-refractivity contribution in [3.05, 3.63) is 33.4 Å². The Labute approximate surface area is 92.8 Å². The van der Waals surface area contributed by atoms with Gasteiger partial charge in [0.25, 0.3) is 5.69 Å². The Morgan fingerprint density at radius 2 is 1.88 bits per heavy atom. The standard InChI is InChI=1S/C11H12N2O3/c14-13(15)11-8-5-9(11)7-10(6-8)12-1-3-16-4-2-12/h6-7H,1-5H2. The summed E-state index contributed by atoms with van der Waals surface area (Å²) in [6.45, 7) is 3.22. The van der Waals surface area contributed by atoms with E-state index >= 15 is 0 Å². The zero-order chi connectivity index (χ0) is 11.1. The maximum Gasteiger partial charge on any atom is 0.276 e. The summed E-state index contributed by atoms with van der Waals surface area (Å²) in [6.07, 6.45) is 0.754. The first-order valence-corrected chi connectivity index (χ1v) is 5.38. The second-order valence-corrected chi connectivity index (χ2v) is 4.15. The summed E-state index contributed by atoms with van der Waals surface area (Å²) in [4.78, 5) is 12.7. The lowest BCUT2D eigenvalue weighted by molar-refractivity contribution is -0.388. The van der Waals surface area contributed by atoms with Crippen molar-refractivity contribution >= 4 is 11.4 Å². The Morgan fingerprint density at radius 1 is 1.25 bits per heavy atom. The van der Waals surface area contributed by atoms with Crippen LogP contribution in [0.3, 0.4) is 0 Å². The highest BCUT2D eigenvalue weighted by atomic mass is 16.6. The van der Waals surface area contributed by atoms with E-state index in [1.54, 1.807) is 0 Å². The van der Waals surface area contributed by atoms with E-state index in [-0.39, 0.29) is 4.92 Å². The van der Waals surface area contributed by atoms with Crippen molar-refractivity contribution in [3.63, 3.8) is 0 Å². The quantitative estimate of drug-likeness (QED) is 0.566. The normalized spacial score (nSPS) is 18.1. The molecule has 0 saturated carbocycles. The van der Waals surface area contributed by atoms with Gasteiger partial charge in [-0.05, 0) is 12.1 Å². The van der Waals surface area contributed by atoms with Crippen LogP contribution in [0.5, 0.6) is 0 Å². The summed E-state index contributed by atoms with van der Waals surface area (Å²) < 4.78 is 5.28. The molecule has 5 nitrogen and oxygen atoms in total. The minimum absolute atomic E-state index is 0.280. The van der Waals surface area contributed by atoms with E-state index in [0.29, 0.717) is 5.69 Å². The Kier molecular flexibility index (Phi) is 2.07. The van der Waals surface area contributed by atoms with Gasteiger partial charge in [0.05, 0.1) is 18.1 Å². The zero-order valence-electron chi connectivity index (χ0n) is 8.81. The fraction of sp³-hybridized carbons (Fsp3) is 0.455. The van der Waals surface area contributed by atoms with Gasteiger partial charge in [0.15, 0.2) is 0 Å². The SMILES string of the molecule is O=[N+]([O-])c1c2cc(N3CCOCC3)cc1C2. The molecule has 0 unspecified atom stereocenters. The van der Waals surface area contributed by atoms with Gasteiger partial charge < -0.3 is 9.64 Å². The van der Waals surface area contributed by atoms with E-state index in [1.165, 1.54) is 0 Å². The molecule has 0 N–H and O–H groups in total. The van der Waals surface area contributed by atoms with Crippen LogP contribution in [0.2, 0.25) is 0 Å². The molecule has 1 fully saturated rings. The van der Waals surface area contributed by atoms with E-state index in [9.17, 15) is 10.1 Å². The van der Waals surface area contributed by atoms with Crippen LogP contribution < -0.4 is 4.90 Å². The number of fused-ring (bicyclic) bond motifs is 2. The number of hydrogen-bond acceptors (Lipinski definition) is 4. The van der Waals surface area contributed by atoms with Crippen molar-refractivity contribution < 1.29 is 9.66 Å². The average Bonchev–Trinajstić information content (AvgIpc) is 2.29. The third-order valence-electron chi connectivity index (χ3n) is 3.19. The largest absolute Gasteiger partial charge is 0.378 e. The van der Waals surface area contributed by atoms with Crippen LogP contribution in [0.4, 0.5) is 11.4 Å². The van der Waals surface area contributed by atoms with Gasteiger partial charge in [0.2, 0.25) is 0 Å². The van der Waals surface area contributed by atoms with Gasteiger partial charge in [0, 0.05) is 36.3 Å². The highest BCUT2D eigenvalue weighted by molar-refractivity contribution is 5.68.